The highest BCUT2D eigenvalue weighted by Gasteiger charge is 2.50. The van der Waals surface area contributed by atoms with Gasteiger partial charge in [0.1, 0.15) is 11.4 Å². The monoisotopic (exact) mass is 207 g/mol. The zero-order valence-corrected chi connectivity index (χ0v) is 7.40. The van der Waals surface area contributed by atoms with Crippen molar-refractivity contribution >= 4 is 0 Å². The molecule has 1 aromatic rings. The highest BCUT2D eigenvalue weighted by Crippen LogP contribution is 2.37. The second kappa shape index (κ2) is 3.24. The van der Waals surface area contributed by atoms with Gasteiger partial charge in [0, 0.05) is 5.56 Å². The normalized spacial score (nSPS) is 16.4. The van der Waals surface area contributed by atoms with Gasteiger partial charge in [-0.2, -0.15) is 13.2 Å². The molecule has 14 heavy (non-hydrogen) atoms. The Kier molecular flexibility index (Phi) is 2.54. The number of hydrogen-bond donors (Lipinski definition) is 1. The maximum Gasteiger partial charge on any atom is 0.410 e. The summed E-state index contributed by atoms with van der Waals surface area (Å²) in [5.41, 5.74) is 1.85. The summed E-state index contributed by atoms with van der Waals surface area (Å²) in [6, 6.07) is 4.61. The van der Waals surface area contributed by atoms with Crippen LogP contribution in [0, 0.1) is 5.82 Å². The van der Waals surface area contributed by atoms with Crippen molar-refractivity contribution in [3.8, 4) is 0 Å². The van der Waals surface area contributed by atoms with Crippen molar-refractivity contribution in [3.05, 3.63) is 35.6 Å². The lowest BCUT2D eigenvalue weighted by molar-refractivity contribution is -0.184. The van der Waals surface area contributed by atoms with E-state index in [1.807, 2.05) is 0 Å². The van der Waals surface area contributed by atoms with E-state index in [2.05, 4.69) is 0 Å². The summed E-state index contributed by atoms with van der Waals surface area (Å²) in [5, 5.41) is 0. The minimum absolute atomic E-state index is 0.549. The number of rotatable bonds is 1. The van der Waals surface area contributed by atoms with E-state index in [0.29, 0.717) is 0 Å². The second-order valence-corrected chi connectivity index (χ2v) is 3.18. The Morgan fingerprint density at radius 3 is 2.07 bits per heavy atom. The summed E-state index contributed by atoms with van der Waals surface area (Å²) in [5.74, 6) is -0.949. The maximum absolute atomic E-state index is 13.0. The van der Waals surface area contributed by atoms with Crippen molar-refractivity contribution in [2.45, 2.75) is 18.6 Å². The lowest BCUT2D eigenvalue weighted by atomic mass is 9.92. The summed E-state index contributed by atoms with van der Waals surface area (Å²) in [6.07, 6.45) is -4.67. The largest absolute Gasteiger partial charge is 0.410 e. The van der Waals surface area contributed by atoms with Crippen LogP contribution < -0.4 is 5.73 Å². The average Bonchev–Trinajstić information content (AvgIpc) is 2.02. The number of nitrogens with two attached hydrogens (primary N) is 1. The van der Waals surface area contributed by atoms with Crippen LogP contribution in [0.15, 0.2) is 24.3 Å². The minimum atomic E-state index is -4.67. The Labute approximate surface area is 78.5 Å². The molecule has 0 spiro atoms. The van der Waals surface area contributed by atoms with Gasteiger partial charge < -0.3 is 5.73 Å². The van der Waals surface area contributed by atoms with Gasteiger partial charge in [-0.3, -0.25) is 0 Å². The first kappa shape index (κ1) is 11.0. The Bertz CT molecular complexity index is 330. The Balaban J connectivity index is 3.23. The van der Waals surface area contributed by atoms with Crippen molar-refractivity contribution < 1.29 is 17.6 Å². The van der Waals surface area contributed by atoms with Gasteiger partial charge in [0.05, 0.1) is 0 Å². The van der Waals surface area contributed by atoms with Gasteiger partial charge in [-0.25, -0.2) is 4.39 Å². The van der Waals surface area contributed by atoms with Crippen molar-refractivity contribution in [3.63, 3.8) is 0 Å². The molecule has 0 aromatic heterocycles. The van der Waals surface area contributed by atoms with E-state index >= 15 is 0 Å². The topological polar surface area (TPSA) is 26.0 Å². The van der Waals surface area contributed by atoms with E-state index < -0.39 is 23.1 Å². The third-order valence-corrected chi connectivity index (χ3v) is 2.02. The SMILES string of the molecule is C[C@](N)(c1ccccc1F)C(F)(F)F. The van der Waals surface area contributed by atoms with E-state index in [9.17, 15) is 17.6 Å². The predicted molar refractivity (Wildman–Crippen MR) is 44.0 cm³/mol. The lowest BCUT2D eigenvalue weighted by Crippen LogP contribution is -2.48. The number of alkyl halides is 3. The van der Waals surface area contributed by atoms with Gasteiger partial charge in [0.2, 0.25) is 0 Å². The molecule has 78 valence electrons. The molecule has 0 radical (unpaired) electrons. The molecule has 0 saturated carbocycles. The molecule has 0 unspecified atom stereocenters. The smallest absolute Gasteiger partial charge is 0.314 e. The predicted octanol–water partition coefficient (Wildman–Crippen LogP) is 2.56. The molecule has 0 bridgehead atoms. The lowest BCUT2D eigenvalue weighted by Gasteiger charge is -2.28. The van der Waals surface area contributed by atoms with Gasteiger partial charge in [-0.15, -0.1) is 0 Å². The standard InChI is InChI=1S/C9H9F4N/c1-8(14,9(11,12)13)6-4-2-3-5-7(6)10/h2-5H,14H2,1H3/t8-/m0/s1. The van der Waals surface area contributed by atoms with Crippen LogP contribution in [-0.2, 0) is 5.54 Å². The van der Waals surface area contributed by atoms with Gasteiger partial charge in [0.15, 0.2) is 0 Å². The van der Waals surface area contributed by atoms with Crippen molar-refractivity contribution in [2.75, 3.05) is 0 Å². The molecule has 0 aliphatic heterocycles. The molecule has 0 amide bonds. The van der Waals surface area contributed by atoms with E-state index in [1.54, 1.807) is 0 Å². The molecule has 0 aliphatic carbocycles. The van der Waals surface area contributed by atoms with E-state index in [0.717, 1.165) is 19.1 Å². The zero-order chi connectivity index (χ0) is 11.0. The molecule has 1 rings (SSSR count). The third-order valence-electron chi connectivity index (χ3n) is 2.02. The van der Waals surface area contributed by atoms with Crippen molar-refractivity contribution in [1.82, 2.24) is 0 Å². The van der Waals surface area contributed by atoms with Crippen LogP contribution in [0.25, 0.3) is 0 Å². The van der Waals surface area contributed by atoms with Crippen LogP contribution in [-0.4, -0.2) is 6.18 Å². The molecule has 0 fully saturated rings. The van der Waals surface area contributed by atoms with E-state index in [1.165, 1.54) is 12.1 Å². The van der Waals surface area contributed by atoms with Crippen LogP contribution in [0.1, 0.15) is 12.5 Å². The Hall–Kier alpha value is -1.10. The molecule has 1 nitrogen and oxygen atoms in total. The fourth-order valence-corrected chi connectivity index (χ4v) is 1.04. The molecule has 0 heterocycles. The maximum atomic E-state index is 13.0. The van der Waals surface area contributed by atoms with E-state index in [4.69, 9.17) is 5.73 Å². The molecule has 0 aliphatic rings. The quantitative estimate of drug-likeness (QED) is 0.703. The van der Waals surface area contributed by atoms with Crippen LogP contribution in [0.2, 0.25) is 0 Å². The van der Waals surface area contributed by atoms with Crippen molar-refractivity contribution in [2.24, 2.45) is 5.73 Å². The fourth-order valence-electron chi connectivity index (χ4n) is 1.04. The summed E-state index contributed by atoms with van der Waals surface area (Å²) in [4.78, 5) is 0. The number of halogens is 4. The van der Waals surface area contributed by atoms with Crippen molar-refractivity contribution in [1.29, 1.82) is 0 Å². The highest BCUT2D eigenvalue weighted by atomic mass is 19.4. The summed E-state index contributed by atoms with van der Waals surface area (Å²) in [6.45, 7) is 0.741. The summed E-state index contributed by atoms with van der Waals surface area (Å²) >= 11 is 0. The van der Waals surface area contributed by atoms with Gasteiger partial charge in [0.25, 0.3) is 0 Å². The van der Waals surface area contributed by atoms with Crippen LogP contribution in [0.3, 0.4) is 0 Å². The minimum Gasteiger partial charge on any atom is -0.314 e. The summed E-state index contributed by atoms with van der Waals surface area (Å²) < 4.78 is 50.3. The molecule has 1 atom stereocenters. The first-order chi connectivity index (χ1) is 6.27. The molecule has 2 N–H and O–H groups in total. The first-order valence-electron chi connectivity index (χ1n) is 3.87. The van der Waals surface area contributed by atoms with Crippen LogP contribution in [0.5, 0.6) is 0 Å². The molecular weight excluding hydrogens is 198 g/mol. The fraction of sp³-hybridized carbons (Fsp3) is 0.333. The number of benzene rings is 1. The first-order valence-corrected chi connectivity index (χ1v) is 3.87. The zero-order valence-electron chi connectivity index (χ0n) is 7.40. The van der Waals surface area contributed by atoms with Crippen LogP contribution >= 0.6 is 0 Å². The Morgan fingerprint density at radius 2 is 1.64 bits per heavy atom. The number of hydrogen-bond acceptors (Lipinski definition) is 1. The molecule has 0 saturated heterocycles. The molecule has 1 aromatic carbocycles. The molecular formula is C9H9F4N. The van der Waals surface area contributed by atoms with Gasteiger partial charge in [-0.05, 0) is 13.0 Å². The van der Waals surface area contributed by atoms with Gasteiger partial charge >= 0.3 is 6.18 Å². The highest BCUT2D eigenvalue weighted by molar-refractivity contribution is 5.26. The third kappa shape index (κ3) is 1.72. The second-order valence-electron chi connectivity index (χ2n) is 3.18. The van der Waals surface area contributed by atoms with Crippen LogP contribution in [0.4, 0.5) is 17.6 Å². The summed E-state index contributed by atoms with van der Waals surface area (Å²) in [7, 11) is 0. The average molecular weight is 207 g/mol. The molecule has 5 heteroatoms. The van der Waals surface area contributed by atoms with E-state index in [-0.39, 0.29) is 0 Å². The van der Waals surface area contributed by atoms with Gasteiger partial charge in [-0.1, -0.05) is 18.2 Å². The Morgan fingerprint density at radius 1 is 1.14 bits per heavy atom.